The molecule has 1 unspecified atom stereocenters. The maximum absolute atomic E-state index is 13.3. The van der Waals surface area contributed by atoms with Gasteiger partial charge in [0.2, 0.25) is 0 Å². The lowest BCUT2D eigenvalue weighted by Crippen LogP contribution is -2.62. The second-order valence-corrected chi connectivity index (χ2v) is 6.90. The molecule has 0 bridgehead atoms. The summed E-state index contributed by atoms with van der Waals surface area (Å²) in [7, 11) is 0. The van der Waals surface area contributed by atoms with Crippen molar-refractivity contribution in [3.05, 3.63) is 34.6 Å². The first kappa shape index (κ1) is 15.3. The van der Waals surface area contributed by atoms with Gasteiger partial charge in [-0.3, -0.25) is 4.90 Å². The summed E-state index contributed by atoms with van der Waals surface area (Å²) in [5, 5.41) is 4.12. The Morgan fingerprint density at radius 1 is 1.29 bits per heavy atom. The predicted octanol–water partition coefficient (Wildman–Crippen LogP) is 4.15. The van der Waals surface area contributed by atoms with Crippen molar-refractivity contribution in [1.82, 2.24) is 10.2 Å². The second-order valence-electron chi connectivity index (χ2n) is 6.50. The second kappa shape index (κ2) is 6.23. The summed E-state index contributed by atoms with van der Waals surface area (Å²) in [5.41, 5.74) is 1.30. The van der Waals surface area contributed by atoms with E-state index in [1.165, 1.54) is 44.2 Å². The summed E-state index contributed by atoms with van der Waals surface area (Å²) in [6.07, 6.45) is 6.47. The Morgan fingerprint density at radius 3 is 2.76 bits per heavy atom. The molecule has 1 aliphatic heterocycles. The topological polar surface area (TPSA) is 15.3 Å². The molecule has 1 saturated heterocycles. The fourth-order valence-electron chi connectivity index (χ4n) is 4.15. The molecule has 2 fully saturated rings. The highest BCUT2D eigenvalue weighted by molar-refractivity contribution is 6.31. The molecule has 0 radical (unpaired) electrons. The van der Waals surface area contributed by atoms with Gasteiger partial charge in [-0.15, -0.1) is 0 Å². The van der Waals surface area contributed by atoms with Crippen molar-refractivity contribution in [2.24, 2.45) is 0 Å². The normalized spacial score (nSPS) is 24.1. The average Bonchev–Trinajstić information content (AvgIpc) is 2.48. The number of hydrogen-bond acceptors (Lipinski definition) is 2. The van der Waals surface area contributed by atoms with Crippen LogP contribution in [0.2, 0.25) is 5.02 Å². The molecular formula is C17H24ClFN2. The van der Waals surface area contributed by atoms with E-state index in [0.717, 1.165) is 25.2 Å². The van der Waals surface area contributed by atoms with E-state index in [1.807, 2.05) is 6.07 Å². The smallest absolute Gasteiger partial charge is 0.124 e. The van der Waals surface area contributed by atoms with Crippen LogP contribution >= 0.6 is 11.6 Å². The van der Waals surface area contributed by atoms with E-state index < -0.39 is 0 Å². The van der Waals surface area contributed by atoms with E-state index >= 15 is 0 Å². The highest BCUT2D eigenvalue weighted by Crippen LogP contribution is 2.40. The lowest BCUT2D eigenvalue weighted by molar-refractivity contribution is -0.00277. The van der Waals surface area contributed by atoms with Crippen LogP contribution in [0.4, 0.5) is 4.39 Å². The van der Waals surface area contributed by atoms with Gasteiger partial charge in [0.05, 0.1) is 0 Å². The van der Waals surface area contributed by atoms with Crippen LogP contribution in [0.15, 0.2) is 18.2 Å². The zero-order valence-electron chi connectivity index (χ0n) is 12.7. The Kier molecular flexibility index (Phi) is 4.53. The SMILES string of the molecule is CC(c1ccc(F)cc1Cl)N1CCNCC12CCCCC2. The maximum atomic E-state index is 13.3. The largest absolute Gasteiger partial charge is 0.314 e. The fourth-order valence-corrected chi connectivity index (χ4v) is 4.47. The quantitative estimate of drug-likeness (QED) is 0.883. The van der Waals surface area contributed by atoms with Crippen LogP contribution in [-0.2, 0) is 0 Å². The molecular weight excluding hydrogens is 287 g/mol. The van der Waals surface area contributed by atoms with Crippen molar-refractivity contribution < 1.29 is 4.39 Å². The minimum Gasteiger partial charge on any atom is -0.314 e. The Morgan fingerprint density at radius 2 is 2.05 bits per heavy atom. The van der Waals surface area contributed by atoms with Gasteiger partial charge >= 0.3 is 0 Å². The minimum absolute atomic E-state index is 0.235. The summed E-state index contributed by atoms with van der Waals surface area (Å²) in [6.45, 7) is 5.33. The Hall–Kier alpha value is -0.640. The first-order chi connectivity index (χ1) is 10.1. The molecule has 1 saturated carbocycles. The van der Waals surface area contributed by atoms with Gasteiger partial charge in [-0.2, -0.15) is 0 Å². The van der Waals surface area contributed by atoms with E-state index in [2.05, 4.69) is 17.1 Å². The van der Waals surface area contributed by atoms with Crippen LogP contribution in [0.25, 0.3) is 0 Å². The lowest BCUT2D eigenvalue weighted by atomic mass is 9.78. The molecule has 1 heterocycles. The molecule has 1 N–H and O–H groups in total. The average molecular weight is 311 g/mol. The van der Waals surface area contributed by atoms with Crippen LogP contribution in [0.3, 0.4) is 0 Å². The molecule has 0 amide bonds. The molecule has 2 aliphatic rings. The van der Waals surface area contributed by atoms with Crippen LogP contribution in [0, 0.1) is 5.82 Å². The van der Waals surface area contributed by atoms with E-state index in [0.29, 0.717) is 5.02 Å². The summed E-state index contributed by atoms with van der Waals surface area (Å²) in [4.78, 5) is 2.61. The summed E-state index contributed by atoms with van der Waals surface area (Å²) in [5.74, 6) is -0.261. The summed E-state index contributed by atoms with van der Waals surface area (Å²) in [6, 6.07) is 5.04. The molecule has 116 valence electrons. The van der Waals surface area contributed by atoms with Gasteiger partial charge in [-0.1, -0.05) is 36.9 Å². The van der Waals surface area contributed by atoms with Crippen molar-refractivity contribution in [1.29, 1.82) is 0 Å². The molecule has 1 aromatic carbocycles. The third-order valence-electron chi connectivity index (χ3n) is 5.26. The highest BCUT2D eigenvalue weighted by atomic mass is 35.5. The van der Waals surface area contributed by atoms with Crippen molar-refractivity contribution >= 4 is 11.6 Å². The molecule has 1 atom stereocenters. The zero-order chi connectivity index (χ0) is 14.9. The van der Waals surface area contributed by atoms with Gasteiger partial charge in [-0.25, -0.2) is 4.39 Å². The monoisotopic (exact) mass is 310 g/mol. The number of rotatable bonds is 2. The van der Waals surface area contributed by atoms with Crippen LogP contribution in [-0.4, -0.2) is 30.1 Å². The van der Waals surface area contributed by atoms with Crippen molar-refractivity contribution in [3.8, 4) is 0 Å². The Labute approximate surface area is 131 Å². The summed E-state index contributed by atoms with van der Waals surface area (Å²) >= 11 is 6.29. The fraction of sp³-hybridized carbons (Fsp3) is 0.647. The van der Waals surface area contributed by atoms with E-state index in [9.17, 15) is 4.39 Å². The number of piperazine rings is 1. The number of nitrogens with one attached hydrogen (secondary N) is 1. The lowest BCUT2D eigenvalue weighted by Gasteiger charge is -2.52. The van der Waals surface area contributed by atoms with Crippen LogP contribution in [0.5, 0.6) is 0 Å². The van der Waals surface area contributed by atoms with Crippen LogP contribution in [0.1, 0.15) is 50.6 Å². The van der Waals surface area contributed by atoms with Crippen molar-refractivity contribution in [2.45, 2.75) is 50.6 Å². The standard InChI is InChI=1S/C17H24ClFN2/c1-13(15-6-5-14(19)11-16(15)18)21-10-9-20-12-17(21)7-3-2-4-8-17/h5-6,11,13,20H,2-4,7-10,12H2,1H3. The molecule has 1 spiro atoms. The third-order valence-corrected chi connectivity index (χ3v) is 5.58. The van der Waals surface area contributed by atoms with Gasteiger partial charge in [-0.05, 0) is 37.5 Å². The van der Waals surface area contributed by atoms with Crippen molar-refractivity contribution in [3.63, 3.8) is 0 Å². The van der Waals surface area contributed by atoms with E-state index in [4.69, 9.17) is 11.6 Å². The van der Waals surface area contributed by atoms with Gasteiger partial charge < -0.3 is 5.32 Å². The first-order valence-electron chi connectivity index (χ1n) is 8.05. The Balaban J connectivity index is 1.88. The van der Waals surface area contributed by atoms with Crippen molar-refractivity contribution in [2.75, 3.05) is 19.6 Å². The number of hydrogen-bond donors (Lipinski definition) is 1. The van der Waals surface area contributed by atoms with Gasteiger partial charge in [0.15, 0.2) is 0 Å². The molecule has 2 nitrogen and oxygen atoms in total. The number of benzene rings is 1. The van der Waals surface area contributed by atoms with Gasteiger partial charge in [0, 0.05) is 36.2 Å². The molecule has 4 heteroatoms. The van der Waals surface area contributed by atoms with Crippen LogP contribution < -0.4 is 5.32 Å². The summed E-state index contributed by atoms with van der Waals surface area (Å²) < 4.78 is 13.3. The Bertz CT molecular complexity index is 491. The zero-order valence-corrected chi connectivity index (χ0v) is 13.4. The first-order valence-corrected chi connectivity index (χ1v) is 8.43. The van der Waals surface area contributed by atoms with E-state index in [-0.39, 0.29) is 17.4 Å². The van der Waals surface area contributed by atoms with Gasteiger partial charge in [0.25, 0.3) is 0 Å². The minimum atomic E-state index is -0.261. The number of halogens is 2. The molecule has 1 aromatic rings. The third kappa shape index (κ3) is 2.96. The van der Waals surface area contributed by atoms with Gasteiger partial charge in [0.1, 0.15) is 5.82 Å². The maximum Gasteiger partial charge on any atom is 0.124 e. The molecule has 1 aliphatic carbocycles. The molecule has 21 heavy (non-hydrogen) atoms. The molecule has 0 aromatic heterocycles. The molecule has 3 rings (SSSR count). The number of nitrogens with zero attached hydrogens (tertiary/aromatic N) is 1. The van der Waals surface area contributed by atoms with E-state index in [1.54, 1.807) is 0 Å². The highest BCUT2D eigenvalue weighted by Gasteiger charge is 2.42. The predicted molar refractivity (Wildman–Crippen MR) is 85.2 cm³/mol.